The average Bonchev–Trinajstić information content (AvgIpc) is 3.39. The first-order chi connectivity index (χ1) is 22.1. The van der Waals surface area contributed by atoms with Crippen molar-refractivity contribution >= 4 is 22.6 Å². The molecule has 2 aromatic carbocycles. The highest BCUT2D eigenvalue weighted by molar-refractivity contribution is 5.83. The van der Waals surface area contributed by atoms with Gasteiger partial charge in [-0.25, -0.2) is 4.39 Å². The molecule has 0 spiro atoms. The lowest BCUT2D eigenvalue weighted by Crippen LogP contribution is -2.20. The van der Waals surface area contributed by atoms with Crippen molar-refractivity contribution in [1.82, 2.24) is 14.9 Å². The average molecular weight is 619 g/mol. The Morgan fingerprint density at radius 3 is 2.48 bits per heavy atom. The number of benzene rings is 2. The van der Waals surface area contributed by atoms with Crippen molar-refractivity contribution in [3.05, 3.63) is 126 Å². The topological polar surface area (TPSA) is 68.0 Å². The minimum Gasteiger partial charge on any atom is -0.388 e. The molecule has 0 bridgehead atoms. The summed E-state index contributed by atoms with van der Waals surface area (Å²) >= 11 is 0. The van der Waals surface area contributed by atoms with Crippen LogP contribution in [0.1, 0.15) is 41.9 Å². The molecule has 2 heterocycles. The number of aryl methyl sites for hydroxylation is 1. The van der Waals surface area contributed by atoms with E-state index in [9.17, 15) is 4.39 Å². The molecule has 0 aliphatic rings. The number of aromatic nitrogens is 2. The summed E-state index contributed by atoms with van der Waals surface area (Å²) < 4.78 is 14.8. The van der Waals surface area contributed by atoms with Crippen LogP contribution in [0, 0.1) is 31.5 Å². The molecular formula is C39H47FN6. The van der Waals surface area contributed by atoms with Crippen LogP contribution >= 0.6 is 0 Å². The van der Waals surface area contributed by atoms with Gasteiger partial charge in [0, 0.05) is 72.3 Å². The van der Waals surface area contributed by atoms with Crippen molar-refractivity contribution in [2.45, 2.75) is 27.2 Å². The van der Waals surface area contributed by atoms with E-state index in [0.717, 1.165) is 80.6 Å². The maximum absolute atomic E-state index is 14.8. The lowest BCUT2D eigenvalue weighted by molar-refractivity contribution is 0.425. The Hall–Kier alpha value is -5.06. The smallest absolute Gasteiger partial charge is 0.125 e. The van der Waals surface area contributed by atoms with Crippen molar-refractivity contribution in [1.29, 1.82) is 0 Å². The molecule has 0 fully saturated rings. The monoisotopic (exact) mass is 618 g/mol. The Morgan fingerprint density at radius 1 is 1.04 bits per heavy atom. The van der Waals surface area contributed by atoms with Crippen LogP contribution in [-0.2, 0) is 6.42 Å². The lowest BCUT2D eigenvalue weighted by atomic mass is 9.96. The molecule has 240 valence electrons. The zero-order valence-electron chi connectivity index (χ0n) is 28.0. The molecule has 6 nitrogen and oxygen atoms in total. The third-order valence-corrected chi connectivity index (χ3v) is 7.57. The number of halogens is 1. The first kappa shape index (κ1) is 35.4. The number of nitrogens with one attached hydrogen (secondary N) is 4. The van der Waals surface area contributed by atoms with Gasteiger partial charge in [-0.15, -0.1) is 12.8 Å². The number of anilines is 3. The zero-order valence-corrected chi connectivity index (χ0v) is 28.0. The maximum Gasteiger partial charge on any atom is 0.125 e. The minimum atomic E-state index is -0.281. The standard InChI is InChI=1S/C37H45FN6.C2H2/c1-9-10-35(28-16-31(38)20-32(17-28)41-13-14-44(7)8)36-21-33(43-26(36)5)18-29-15-27(11-12-37(29)39-6)30-19-34(23-40-22-30)42-25(4)24(2)3;1-2/h9-12,15-17,19-24,39,41-43H,1,4,13-14,18H2,2-3,5-8H3;1-2H/b35-10-;. The van der Waals surface area contributed by atoms with Crippen LogP contribution in [0.2, 0.25) is 0 Å². The largest absolute Gasteiger partial charge is 0.388 e. The fourth-order valence-electron chi connectivity index (χ4n) is 5.10. The van der Waals surface area contributed by atoms with Crippen LogP contribution in [0.3, 0.4) is 0 Å². The molecule has 4 rings (SSSR count). The van der Waals surface area contributed by atoms with E-state index < -0.39 is 0 Å². The normalized spacial score (nSPS) is 11.2. The molecule has 0 aliphatic carbocycles. The Balaban J connectivity index is 0.00000282. The summed E-state index contributed by atoms with van der Waals surface area (Å²) in [5.41, 5.74) is 11.7. The first-order valence-electron chi connectivity index (χ1n) is 15.3. The maximum atomic E-state index is 14.8. The number of hydrogen-bond acceptors (Lipinski definition) is 5. The Morgan fingerprint density at radius 2 is 1.80 bits per heavy atom. The van der Waals surface area contributed by atoms with Crippen molar-refractivity contribution in [3.8, 4) is 24.0 Å². The first-order valence-corrected chi connectivity index (χ1v) is 15.3. The third kappa shape index (κ3) is 9.47. The highest BCUT2D eigenvalue weighted by Gasteiger charge is 2.15. The van der Waals surface area contributed by atoms with Crippen LogP contribution < -0.4 is 16.0 Å². The van der Waals surface area contributed by atoms with E-state index in [0.29, 0.717) is 12.3 Å². The molecule has 0 amide bonds. The Bertz CT molecular complexity index is 1690. The SMILES string of the molecule is C#C.C=C/C=C(/c1cc(F)cc(NCCN(C)C)c1)c1cc(Cc2cc(-c3cncc(NC(=C)C(C)C)c3)ccc2NC)[nH]c1C. The number of likely N-dealkylation sites (N-methyl/N-ethyl adjacent to an activating group) is 1. The number of terminal acetylenes is 1. The summed E-state index contributed by atoms with van der Waals surface area (Å²) in [6.45, 7) is 15.9. The van der Waals surface area contributed by atoms with Gasteiger partial charge < -0.3 is 25.8 Å². The summed E-state index contributed by atoms with van der Waals surface area (Å²) in [5, 5.41) is 10.1. The van der Waals surface area contributed by atoms with Gasteiger partial charge in [-0.1, -0.05) is 45.2 Å². The van der Waals surface area contributed by atoms with E-state index in [-0.39, 0.29) is 5.82 Å². The van der Waals surface area contributed by atoms with Crippen LogP contribution in [-0.4, -0.2) is 49.1 Å². The van der Waals surface area contributed by atoms with E-state index in [1.165, 1.54) is 6.07 Å². The Kier molecular flexibility index (Phi) is 13.0. The second-order valence-corrected chi connectivity index (χ2v) is 11.7. The molecule has 7 heteroatoms. The summed E-state index contributed by atoms with van der Waals surface area (Å²) in [4.78, 5) is 10.1. The van der Waals surface area contributed by atoms with Crippen molar-refractivity contribution in [2.75, 3.05) is 50.2 Å². The zero-order chi connectivity index (χ0) is 33.8. The van der Waals surface area contributed by atoms with Gasteiger partial charge in [0.05, 0.1) is 11.9 Å². The number of rotatable bonds is 14. The van der Waals surface area contributed by atoms with Gasteiger partial charge in [0.15, 0.2) is 0 Å². The summed E-state index contributed by atoms with van der Waals surface area (Å²) in [5.74, 6) is 0.0415. The van der Waals surface area contributed by atoms with Crippen LogP contribution in [0.4, 0.5) is 21.5 Å². The predicted molar refractivity (Wildman–Crippen MR) is 196 cm³/mol. The van der Waals surface area contributed by atoms with Gasteiger partial charge >= 0.3 is 0 Å². The fraction of sp³-hybridized carbons (Fsp3) is 0.256. The van der Waals surface area contributed by atoms with Gasteiger partial charge in [-0.2, -0.15) is 0 Å². The number of H-pyrrole nitrogens is 1. The molecule has 0 unspecified atom stereocenters. The van der Waals surface area contributed by atoms with Gasteiger partial charge in [0.2, 0.25) is 0 Å². The number of nitrogens with zero attached hydrogens (tertiary/aromatic N) is 2. The second kappa shape index (κ2) is 16.9. The number of aromatic amines is 1. The van der Waals surface area contributed by atoms with Gasteiger partial charge in [-0.05, 0) is 91.7 Å². The fourth-order valence-corrected chi connectivity index (χ4v) is 5.10. The lowest BCUT2D eigenvalue weighted by Gasteiger charge is -2.14. The van der Waals surface area contributed by atoms with Crippen LogP contribution in [0.25, 0.3) is 16.7 Å². The van der Waals surface area contributed by atoms with E-state index in [1.54, 1.807) is 12.1 Å². The van der Waals surface area contributed by atoms with Crippen LogP contribution in [0.5, 0.6) is 0 Å². The minimum absolute atomic E-state index is 0.281. The van der Waals surface area contributed by atoms with E-state index in [2.05, 4.69) is 108 Å². The molecule has 4 N–H and O–H groups in total. The third-order valence-electron chi connectivity index (χ3n) is 7.57. The molecule has 0 radical (unpaired) electrons. The molecule has 2 aromatic heterocycles. The number of hydrogen-bond donors (Lipinski definition) is 4. The van der Waals surface area contributed by atoms with Crippen molar-refractivity contribution in [3.63, 3.8) is 0 Å². The molecule has 0 aliphatic heterocycles. The van der Waals surface area contributed by atoms with Crippen molar-refractivity contribution < 1.29 is 4.39 Å². The molecule has 46 heavy (non-hydrogen) atoms. The summed E-state index contributed by atoms with van der Waals surface area (Å²) in [6, 6.07) is 15.8. The number of allylic oxidation sites excluding steroid dienone is 3. The van der Waals surface area contributed by atoms with E-state index >= 15 is 0 Å². The van der Waals surface area contributed by atoms with E-state index in [4.69, 9.17) is 0 Å². The van der Waals surface area contributed by atoms with Crippen molar-refractivity contribution in [2.24, 2.45) is 5.92 Å². The predicted octanol–water partition coefficient (Wildman–Crippen LogP) is 8.58. The summed E-state index contributed by atoms with van der Waals surface area (Å²) in [6.07, 6.45) is 16.1. The highest BCUT2D eigenvalue weighted by atomic mass is 19.1. The molecule has 0 atom stereocenters. The van der Waals surface area contributed by atoms with E-state index in [1.807, 2.05) is 45.7 Å². The summed E-state index contributed by atoms with van der Waals surface area (Å²) in [7, 11) is 5.97. The van der Waals surface area contributed by atoms with Gasteiger partial charge in [0.25, 0.3) is 0 Å². The Labute approximate surface area is 274 Å². The second-order valence-electron chi connectivity index (χ2n) is 11.7. The van der Waals surface area contributed by atoms with Gasteiger partial charge in [0.1, 0.15) is 5.82 Å². The molecule has 0 saturated carbocycles. The highest BCUT2D eigenvalue weighted by Crippen LogP contribution is 2.32. The van der Waals surface area contributed by atoms with Crippen LogP contribution in [0.15, 0.2) is 91.9 Å². The quantitative estimate of drug-likeness (QED) is 0.0842. The number of pyridine rings is 1. The molecule has 4 aromatic rings. The van der Waals surface area contributed by atoms with Gasteiger partial charge in [-0.3, -0.25) is 4.98 Å². The molecule has 0 saturated heterocycles. The molecular weight excluding hydrogens is 571 g/mol.